The zero-order valence-electron chi connectivity index (χ0n) is 14.2. The summed E-state index contributed by atoms with van der Waals surface area (Å²) in [6.45, 7) is 4.87. The molecule has 1 aliphatic heterocycles. The molecule has 126 valence electrons. The highest BCUT2D eigenvalue weighted by molar-refractivity contribution is 5.99. The summed E-state index contributed by atoms with van der Waals surface area (Å²) in [6, 6.07) is 15.8. The smallest absolute Gasteiger partial charge is 0.244 e. The van der Waals surface area contributed by atoms with Crippen molar-refractivity contribution in [2.45, 2.75) is 39.0 Å². The number of hydrogen-bond acceptors (Lipinski definition) is 3. The molecule has 2 N–H and O–H groups in total. The van der Waals surface area contributed by atoms with Gasteiger partial charge in [-0.3, -0.25) is 10.1 Å². The number of nitrogens with zero attached hydrogens (tertiary/aromatic N) is 1. The molecule has 1 aliphatic rings. The Bertz CT molecular complexity index is 712. The van der Waals surface area contributed by atoms with Gasteiger partial charge < -0.3 is 10.0 Å². The summed E-state index contributed by atoms with van der Waals surface area (Å²) in [6.07, 6.45) is 0.802. The number of aliphatic hydroxyl groups is 1. The van der Waals surface area contributed by atoms with Crippen molar-refractivity contribution in [1.29, 1.82) is 0 Å². The molecule has 1 heterocycles. The lowest BCUT2D eigenvalue weighted by Gasteiger charge is -2.21. The normalized spacial score (nSPS) is 18.9. The van der Waals surface area contributed by atoms with Crippen LogP contribution in [0.5, 0.6) is 0 Å². The number of hydrogen-bond donors (Lipinski definition) is 2. The molecule has 2 unspecified atom stereocenters. The van der Waals surface area contributed by atoms with Crippen LogP contribution in [0.2, 0.25) is 0 Å². The molecular weight excluding hydrogens is 300 g/mol. The molecule has 0 saturated carbocycles. The van der Waals surface area contributed by atoms with E-state index in [2.05, 4.69) is 12.2 Å². The first kappa shape index (κ1) is 16.7. The van der Waals surface area contributed by atoms with E-state index in [-0.39, 0.29) is 24.6 Å². The maximum absolute atomic E-state index is 12.7. The summed E-state index contributed by atoms with van der Waals surface area (Å²) < 4.78 is 0. The Hall–Kier alpha value is -2.17. The zero-order valence-corrected chi connectivity index (χ0v) is 14.2. The molecule has 3 rings (SSSR count). The average Bonchev–Trinajstić information content (AvgIpc) is 2.96. The van der Waals surface area contributed by atoms with Crippen molar-refractivity contribution in [3.05, 3.63) is 65.2 Å². The molecule has 1 amide bonds. The van der Waals surface area contributed by atoms with Crippen LogP contribution in [0.15, 0.2) is 48.5 Å². The molecule has 4 heteroatoms. The van der Waals surface area contributed by atoms with E-state index in [1.54, 1.807) is 0 Å². The maximum Gasteiger partial charge on any atom is 0.244 e. The van der Waals surface area contributed by atoms with Crippen LogP contribution in [0.4, 0.5) is 5.69 Å². The van der Waals surface area contributed by atoms with Gasteiger partial charge in [-0.25, -0.2) is 0 Å². The number of aliphatic hydroxyl groups excluding tert-OH is 1. The summed E-state index contributed by atoms with van der Waals surface area (Å²) in [4.78, 5) is 14.6. The molecule has 0 radical (unpaired) electrons. The van der Waals surface area contributed by atoms with E-state index in [1.807, 2.05) is 60.4 Å². The highest BCUT2D eigenvalue weighted by atomic mass is 16.3. The van der Waals surface area contributed by atoms with E-state index < -0.39 is 0 Å². The summed E-state index contributed by atoms with van der Waals surface area (Å²) in [5, 5.41) is 12.7. The fraction of sp³-hybridized carbons (Fsp3) is 0.350. The minimum atomic E-state index is -0.168. The van der Waals surface area contributed by atoms with Crippen molar-refractivity contribution in [1.82, 2.24) is 5.32 Å². The number of carbonyl (C=O) groups is 1. The molecular formula is C20H24N2O2. The van der Waals surface area contributed by atoms with E-state index in [0.29, 0.717) is 0 Å². The van der Waals surface area contributed by atoms with E-state index in [9.17, 15) is 9.90 Å². The largest absolute Gasteiger partial charge is 0.392 e. The number of rotatable bonds is 5. The lowest BCUT2D eigenvalue weighted by atomic mass is 10.0. The van der Waals surface area contributed by atoms with Crippen LogP contribution in [0, 0.1) is 6.92 Å². The van der Waals surface area contributed by atoms with E-state index in [0.717, 1.165) is 29.8 Å². The Morgan fingerprint density at radius 3 is 2.71 bits per heavy atom. The Morgan fingerprint density at radius 1 is 1.25 bits per heavy atom. The van der Waals surface area contributed by atoms with Gasteiger partial charge in [0.1, 0.15) is 0 Å². The van der Waals surface area contributed by atoms with Crippen LogP contribution < -0.4 is 10.2 Å². The minimum absolute atomic E-state index is 0.0319. The van der Waals surface area contributed by atoms with Crippen LogP contribution in [0.25, 0.3) is 0 Å². The first-order valence-electron chi connectivity index (χ1n) is 8.42. The van der Waals surface area contributed by atoms with Gasteiger partial charge in [-0.2, -0.15) is 0 Å². The Morgan fingerprint density at radius 2 is 2.00 bits per heavy atom. The Labute approximate surface area is 143 Å². The second-order valence-electron chi connectivity index (χ2n) is 6.46. The highest BCUT2D eigenvalue weighted by Crippen LogP contribution is 2.24. The summed E-state index contributed by atoms with van der Waals surface area (Å²) in [5.74, 6) is 0.129. The molecule has 1 saturated heterocycles. The number of benzene rings is 2. The molecule has 0 aromatic heterocycles. The molecule has 0 spiro atoms. The standard InChI is InChI=1S/C20H24N2O2/c1-14-6-8-18(9-7-14)22-11-10-19(20(22)24)21-15(2)17-5-3-4-16(12-17)13-23/h3-9,12,15,19,21,23H,10-11,13H2,1-2H3. The molecule has 0 aliphatic carbocycles. The molecule has 2 aromatic carbocycles. The van der Waals surface area contributed by atoms with Crippen molar-refractivity contribution < 1.29 is 9.90 Å². The maximum atomic E-state index is 12.7. The molecule has 2 atom stereocenters. The third-order valence-electron chi connectivity index (χ3n) is 4.64. The van der Waals surface area contributed by atoms with Gasteiger partial charge in [0, 0.05) is 18.3 Å². The lowest BCUT2D eigenvalue weighted by molar-refractivity contribution is -0.119. The highest BCUT2D eigenvalue weighted by Gasteiger charge is 2.33. The van der Waals surface area contributed by atoms with Crippen LogP contribution >= 0.6 is 0 Å². The van der Waals surface area contributed by atoms with E-state index in [1.165, 1.54) is 5.56 Å². The molecule has 24 heavy (non-hydrogen) atoms. The van der Waals surface area contributed by atoms with E-state index in [4.69, 9.17) is 0 Å². The Kier molecular flexibility index (Phi) is 4.97. The van der Waals surface area contributed by atoms with Gasteiger partial charge in [-0.05, 0) is 43.5 Å². The van der Waals surface area contributed by atoms with Gasteiger partial charge in [0.05, 0.1) is 12.6 Å². The third-order valence-corrected chi connectivity index (χ3v) is 4.64. The Balaban J connectivity index is 1.67. The fourth-order valence-electron chi connectivity index (χ4n) is 3.17. The second kappa shape index (κ2) is 7.16. The van der Waals surface area contributed by atoms with Crippen molar-refractivity contribution in [2.75, 3.05) is 11.4 Å². The molecule has 0 bridgehead atoms. The van der Waals surface area contributed by atoms with Crippen LogP contribution in [-0.4, -0.2) is 23.6 Å². The third kappa shape index (κ3) is 3.50. The summed E-state index contributed by atoms with van der Waals surface area (Å²) in [7, 11) is 0. The van der Waals surface area contributed by atoms with Gasteiger partial charge in [0.2, 0.25) is 5.91 Å². The average molecular weight is 324 g/mol. The van der Waals surface area contributed by atoms with Gasteiger partial charge in [-0.15, -0.1) is 0 Å². The predicted octanol–water partition coefficient (Wildman–Crippen LogP) is 2.94. The van der Waals surface area contributed by atoms with Crippen molar-refractivity contribution in [2.24, 2.45) is 0 Å². The first-order valence-corrected chi connectivity index (χ1v) is 8.42. The number of aryl methyl sites for hydroxylation is 1. The van der Waals surface area contributed by atoms with Crippen molar-refractivity contribution in [3.63, 3.8) is 0 Å². The molecule has 1 fully saturated rings. The summed E-state index contributed by atoms with van der Waals surface area (Å²) >= 11 is 0. The zero-order chi connectivity index (χ0) is 17.1. The molecule has 2 aromatic rings. The number of carbonyl (C=O) groups excluding carboxylic acids is 1. The number of nitrogens with one attached hydrogen (secondary N) is 1. The minimum Gasteiger partial charge on any atom is -0.392 e. The second-order valence-corrected chi connectivity index (χ2v) is 6.46. The topological polar surface area (TPSA) is 52.6 Å². The number of anilines is 1. The van der Waals surface area contributed by atoms with Crippen molar-refractivity contribution >= 4 is 11.6 Å². The first-order chi connectivity index (χ1) is 11.6. The van der Waals surface area contributed by atoms with Gasteiger partial charge in [0.25, 0.3) is 0 Å². The fourth-order valence-corrected chi connectivity index (χ4v) is 3.17. The quantitative estimate of drug-likeness (QED) is 0.889. The summed E-state index contributed by atoms with van der Waals surface area (Å²) in [5.41, 5.74) is 4.13. The van der Waals surface area contributed by atoms with Gasteiger partial charge in [-0.1, -0.05) is 42.0 Å². The van der Waals surface area contributed by atoms with Gasteiger partial charge in [0.15, 0.2) is 0 Å². The van der Waals surface area contributed by atoms with Crippen LogP contribution in [-0.2, 0) is 11.4 Å². The lowest BCUT2D eigenvalue weighted by Crippen LogP contribution is -2.39. The monoisotopic (exact) mass is 324 g/mol. The van der Waals surface area contributed by atoms with Gasteiger partial charge >= 0.3 is 0 Å². The number of amides is 1. The predicted molar refractivity (Wildman–Crippen MR) is 95.9 cm³/mol. The SMILES string of the molecule is Cc1ccc(N2CCC(NC(C)c3cccc(CO)c3)C2=O)cc1. The molecule has 4 nitrogen and oxygen atoms in total. The van der Waals surface area contributed by atoms with Crippen LogP contribution in [0.3, 0.4) is 0 Å². The van der Waals surface area contributed by atoms with E-state index >= 15 is 0 Å². The van der Waals surface area contributed by atoms with Crippen molar-refractivity contribution in [3.8, 4) is 0 Å². The van der Waals surface area contributed by atoms with Crippen LogP contribution in [0.1, 0.15) is 36.1 Å².